The van der Waals surface area contributed by atoms with Gasteiger partial charge in [-0.15, -0.1) is 11.8 Å². The third-order valence-corrected chi connectivity index (χ3v) is 4.70. The summed E-state index contributed by atoms with van der Waals surface area (Å²) in [6.45, 7) is 0.484. The highest BCUT2D eigenvalue weighted by molar-refractivity contribution is 7.98. The van der Waals surface area contributed by atoms with Crippen LogP contribution < -0.4 is 15.5 Å². The minimum Gasteiger partial charge on any atom is -0.326 e. The SMILES string of the molecule is CSc1cccc(NC(=O)NC2CCN(c3ccc(F)cc3)C2=O)c1. The van der Waals surface area contributed by atoms with Crippen molar-refractivity contribution in [1.82, 2.24) is 5.32 Å². The standard InChI is InChI=1S/C18H18FN3O2S/c1-25-15-4-2-3-13(11-15)20-18(24)21-16-9-10-22(17(16)23)14-7-5-12(19)6-8-14/h2-8,11,16H,9-10H2,1H3,(H2,20,21,24). The number of nitrogens with one attached hydrogen (secondary N) is 2. The number of carbonyl (C=O) groups excluding carboxylic acids is 2. The second-order valence-corrected chi connectivity index (χ2v) is 6.52. The van der Waals surface area contributed by atoms with Crippen LogP contribution in [0.2, 0.25) is 0 Å². The van der Waals surface area contributed by atoms with Crippen LogP contribution in [0, 0.1) is 5.82 Å². The lowest BCUT2D eigenvalue weighted by molar-refractivity contribution is -0.118. The van der Waals surface area contributed by atoms with E-state index in [1.807, 2.05) is 24.5 Å². The Morgan fingerprint density at radius 3 is 2.72 bits per heavy atom. The minimum absolute atomic E-state index is 0.195. The lowest BCUT2D eigenvalue weighted by Gasteiger charge is -2.17. The van der Waals surface area contributed by atoms with E-state index in [1.54, 1.807) is 34.9 Å². The van der Waals surface area contributed by atoms with Crippen molar-refractivity contribution in [2.45, 2.75) is 17.4 Å². The topological polar surface area (TPSA) is 61.4 Å². The number of hydrogen-bond donors (Lipinski definition) is 2. The van der Waals surface area contributed by atoms with Crippen LogP contribution in [0.4, 0.5) is 20.6 Å². The Balaban J connectivity index is 1.60. The van der Waals surface area contributed by atoms with E-state index in [-0.39, 0.29) is 11.7 Å². The minimum atomic E-state index is -0.589. The van der Waals surface area contributed by atoms with Gasteiger partial charge in [-0.2, -0.15) is 0 Å². The van der Waals surface area contributed by atoms with Gasteiger partial charge >= 0.3 is 6.03 Å². The number of anilines is 2. The van der Waals surface area contributed by atoms with E-state index >= 15 is 0 Å². The van der Waals surface area contributed by atoms with Crippen molar-refractivity contribution in [1.29, 1.82) is 0 Å². The van der Waals surface area contributed by atoms with E-state index < -0.39 is 12.1 Å². The van der Waals surface area contributed by atoms with Crippen LogP contribution >= 0.6 is 11.8 Å². The summed E-state index contributed by atoms with van der Waals surface area (Å²) in [6, 6.07) is 12.2. The van der Waals surface area contributed by atoms with Crippen molar-refractivity contribution in [2.24, 2.45) is 0 Å². The van der Waals surface area contributed by atoms with E-state index in [9.17, 15) is 14.0 Å². The predicted molar refractivity (Wildman–Crippen MR) is 97.5 cm³/mol. The molecule has 25 heavy (non-hydrogen) atoms. The van der Waals surface area contributed by atoms with Crippen LogP contribution in [-0.2, 0) is 4.79 Å². The van der Waals surface area contributed by atoms with Gasteiger partial charge in [0.05, 0.1) is 0 Å². The average Bonchev–Trinajstić information content (AvgIpc) is 2.96. The third-order valence-electron chi connectivity index (χ3n) is 3.98. The molecule has 1 unspecified atom stereocenters. The number of thioether (sulfide) groups is 1. The van der Waals surface area contributed by atoms with Crippen LogP contribution in [0.1, 0.15) is 6.42 Å². The predicted octanol–water partition coefficient (Wildman–Crippen LogP) is 3.47. The van der Waals surface area contributed by atoms with Gasteiger partial charge in [-0.25, -0.2) is 9.18 Å². The van der Waals surface area contributed by atoms with Gasteiger partial charge in [-0.1, -0.05) is 6.07 Å². The molecule has 0 saturated carbocycles. The molecule has 130 valence electrons. The molecule has 1 atom stereocenters. The maximum atomic E-state index is 13.0. The molecule has 5 nitrogen and oxygen atoms in total. The Hall–Kier alpha value is -2.54. The molecule has 0 aliphatic carbocycles. The molecule has 1 fully saturated rings. The molecule has 2 aromatic carbocycles. The number of nitrogens with zero attached hydrogens (tertiary/aromatic N) is 1. The fraction of sp³-hybridized carbons (Fsp3) is 0.222. The maximum absolute atomic E-state index is 13.0. The number of halogens is 1. The highest BCUT2D eigenvalue weighted by Crippen LogP contribution is 2.22. The van der Waals surface area contributed by atoms with E-state index in [0.29, 0.717) is 24.3 Å². The quantitative estimate of drug-likeness (QED) is 0.822. The molecule has 1 aliphatic rings. The Kier molecular flexibility index (Phi) is 5.23. The molecular formula is C18H18FN3O2S. The molecule has 1 aliphatic heterocycles. The largest absolute Gasteiger partial charge is 0.326 e. The zero-order valence-corrected chi connectivity index (χ0v) is 14.5. The lowest BCUT2D eigenvalue weighted by Crippen LogP contribution is -2.43. The van der Waals surface area contributed by atoms with Gasteiger partial charge in [-0.05, 0) is 55.1 Å². The summed E-state index contributed by atoms with van der Waals surface area (Å²) < 4.78 is 13.0. The van der Waals surface area contributed by atoms with Crippen molar-refractivity contribution in [2.75, 3.05) is 23.0 Å². The molecule has 1 saturated heterocycles. The number of amides is 3. The number of benzene rings is 2. The van der Waals surface area contributed by atoms with Gasteiger partial charge in [0.25, 0.3) is 0 Å². The molecule has 0 bridgehead atoms. The smallest absolute Gasteiger partial charge is 0.319 e. The fourth-order valence-electron chi connectivity index (χ4n) is 2.72. The van der Waals surface area contributed by atoms with Gasteiger partial charge in [0.15, 0.2) is 0 Å². The van der Waals surface area contributed by atoms with E-state index in [0.717, 1.165) is 4.90 Å². The zero-order valence-electron chi connectivity index (χ0n) is 13.7. The third kappa shape index (κ3) is 4.11. The van der Waals surface area contributed by atoms with Crippen molar-refractivity contribution < 1.29 is 14.0 Å². The highest BCUT2D eigenvalue weighted by Gasteiger charge is 2.33. The summed E-state index contributed by atoms with van der Waals surface area (Å²) in [6.07, 6.45) is 2.47. The van der Waals surface area contributed by atoms with E-state index in [2.05, 4.69) is 10.6 Å². The van der Waals surface area contributed by atoms with Crippen molar-refractivity contribution in [3.05, 3.63) is 54.3 Å². The van der Waals surface area contributed by atoms with Gasteiger partial charge in [0.1, 0.15) is 11.9 Å². The fourth-order valence-corrected chi connectivity index (χ4v) is 3.18. The van der Waals surface area contributed by atoms with E-state index in [1.165, 1.54) is 12.1 Å². The summed E-state index contributed by atoms with van der Waals surface area (Å²) in [5, 5.41) is 5.45. The monoisotopic (exact) mass is 359 g/mol. The first kappa shape index (κ1) is 17.3. The van der Waals surface area contributed by atoms with Gasteiger partial charge in [0, 0.05) is 22.8 Å². The van der Waals surface area contributed by atoms with Crippen LogP contribution in [-0.4, -0.2) is 30.8 Å². The van der Waals surface area contributed by atoms with E-state index in [4.69, 9.17) is 0 Å². The number of carbonyl (C=O) groups is 2. The van der Waals surface area contributed by atoms with Crippen LogP contribution in [0.15, 0.2) is 53.4 Å². The molecule has 1 heterocycles. The molecule has 0 spiro atoms. The molecule has 0 aromatic heterocycles. The van der Waals surface area contributed by atoms with Crippen LogP contribution in [0.3, 0.4) is 0 Å². The molecule has 7 heteroatoms. The molecule has 2 aromatic rings. The Morgan fingerprint density at radius 2 is 2.00 bits per heavy atom. The molecule has 3 amide bonds. The normalized spacial score (nSPS) is 16.8. The first-order chi connectivity index (χ1) is 12.1. The number of urea groups is 1. The summed E-state index contributed by atoms with van der Waals surface area (Å²) in [5.74, 6) is -0.545. The van der Waals surface area contributed by atoms with Crippen molar-refractivity contribution in [3.63, 3.8) is 0 Å². The van der Waals surface area contributed by atoms with Gasteiger partial charge < -0.3 is 15.5 Å². The lowest BCUT2D eigenvalue weighted by atomic mass is 10.2. The second kappa shape index (κ2) is 7.57. The summed E-state index contributed by atoms with van der Waals surface area (Å²) in [4.78, 5) is 27.2. The Morgan fingerprint density at radius 1 is 1.24 bits per heavy atom. The van der Waals surface area contributed by atoms with Crippen LogP contribution in [0.5, 0.6) is 0 Å². The van der Waals surface area contributed by atoms with Crippen LogP contribution in [0.25, 0.3) is 0 Å². The first-order valence-electron chi connectivity index (χ1n) is 7.85. The van der Waals surface area contributed by atoms with Crippen molar-refractivity contribution >= 4 is 35.1 Å². The molecule has 0 radical (unpaired) electrons. The summed E-state index contributed by atoms with van der Waals surface area (Å²) >= 11 is 1.58. The van der Waals surface area contributed by atoms with Crippen molar-refractivity contribution in [3.8, 4) is 0 Å². The number of hydrogen-bond acceptors (Lipinski definition) is 3. The van der Waals surface area contributed by atoms with Gasteiger partial charge in [0.2, 0.25) is 5.91 Å². The molecule has 3 rings (SSSR count). The second-order valence-electron chi connectivity index (χ2n) is 5.64. The zero-order chi connectivity index (χ0) is 17.8. The highest BCUT2D eigenvalue weighted by atomic mass is 32.2. The average molecular weight is 359 g/mol. The summed E-state index contributed by atoms with van der Waals surface area (Å²) in [5.41, 5.74) is 1.30. The first-order valence-corrected chi connectivity index (χ1v) is 9.08. The molecular weight excluding hydrogens is 341 g/mol. The molecule has 2 N–H and O–H groups in total. The maximum Gasteiger partial charge on any atom is 0.319 e. The Bertz CT molecular complexity index is 782. The van der Waals surface area contributed by atoms with Gasteiger partial charge in [-0.3, -0.25) is 4.79 Å². The Labute approximate surface area is 149 Å². The number of rotatable bonds is 4. The summed E-state index contributed by atoms with van der Waals surface area (Å²) in [7, 11) is 0.